The highest BCUT2D eigenvalue weighted by molar-refractivity contribution is 5.92. The van der Waals surface area contributed by atoms with Gasteiger partial charge in [-0.25, -0.2) is 4.98 Å². The van der Waals surface area contributed by atoms with Crippen LogP contribution < -0.4 is 20.3 Å². The number of hydrogen-bond donors (Lipinski definition) is 2. The quantitative estimate of drug-likeness (QED) is 0.638. The molecule has 29 heavy (non-hydrogen) atoms. The summed E-state index contributed by atoms with van der Waals surface area (Å²) in [4.78, 5) is 36.1. The number of anilines is 1. The highest BCUT2D eigenvalue weighted by Crippen LogP contribution is 2.30. The van der Waals surface area contributed by atoms with Gasteiger partial charge in [0, 0.05) is 41.0 Å². The van der Waals surface area contributed by atoms with Gasteiger partial charge in [0.05, 0.1) is 20.1 Å². The Bertz CT molecular complexity index is 1060. The number of rotatable bonds is 7. The van der Waals surface area contributed by atoms with E-state index in [0.717, 1.165) is 0 Å². The number of carbonyl (C=O) groups is 1. The van der Waals surface area contributed by atoms with Gasteiger partial charge in [0.15, 0.2) is 11.5 Å². The lowest BCUT2D eigenvalue weighted by Gasteiger charge is -2.12. The third-order valence-electron chi connectivity index (χ3n) is 4.24. The topological polar surface area (TPSA) is 106 Å². The lowest BCUT2D eigenvalue weighted by atomic mass is 10.1. The summed E-state index contributed by atoms with van der Waals surface area (Å²) < 4.78 is 10.8. The fourth-order valence-corrected chi connectivity index (χ4v) is 2.84. The first-order chi connectivity index (χ1) is 14.0. The minimum Gasteiger partial charge on any atom is -0.493 e. The summed E-state index contributed by atoms with van der Waals surface area (Å²) in [6.07, 6.45) is 3.16. The third-order valence-corrected chi connectivity index (χ3v) is 4.24. The molecule has 150 valence electrons. The van der Waals surface area contributed by atoms with Gasteiger partial charge in [0.2, 0.25) is 5.91 Å². The second kappa shape index (κ2) is 9.01. The van der Waals surface area contributed by atoms with Gasteiger partial charge in [0.25, 0.3) is 5.56 Å². The van der Waals surface area contributed by atoms with Crippen molar-refractivity contribution in [2.75, 3.05) is 19.0 Å². The molecule has 3 rings (SSSR count). The van der Waals surface area contributed by atoms with E-state index in [4.69, 9.17) is 9.47 Å². The monoisotopic (exact) mass is 394 g/mol. The number of pyridine rings is 1. The Balaban J connectivity index is 1.76. The zero-order valence-electron chi connectivity index (χ0n) is 16.5. The molecule has 0 aliphatic heterocycles. The van der Waals surface area contributed by atoms with E-state index in [-0.39, 0.29) is 17.9 Å². The van der Waals surface area contributed by atoms with Crippen molar-refractivity contribution in [3.63, 3.8) is 0 Å². The van der Waals surface area contributed by atoms with Crippen molar-refractivity contribution in [1.82, 2.24) is 15.0 Å². The van der Waals surface area contributed by atoms with Gasteiger partial charge in [0.1, 0.15) is 5.82 Å². The van der Waals surface area contributed by atoms with Crippen molar-refractivity contribution in [2.24, 2.45) is 0 Å². The predicted molar refractivity (Wildman–Crippen MR) is 109 cm³/mol. The Morgan fingerprint density at radius 2 is 2.07 bits per heavy atom. The van der Waals surface area contributed by atoms with Crippen molar-refractivity contribution in [1.29, 1.82) is 0 Å². The van der Waals surface area contributed by atoms with Crippen LogP contribution in [0.5, 0.6) is 11.5 Å². The Morgan fingerprint density at radius 3 is 2.72 bits per heavy atom. The Morgan fingerprint density at radius 1 is 1.24 bits per heavy atom. The number of amides is 1. The molecule has 1 amide bonds. The molecule has 0 radical (unpaired) electrons. The minimum atomic E-state index is -0.351. The van der Waals surface area contributed by atoms with Crippen molar-refractivity contribution >= 4 is 11.6 Å². The molecule has 2 N–H and O–H groups in total. The fourth-order valence-electron chi connectivity index (χ4n) is 2.84. The highest BCUT2D eigenvalue weighted by Gasteiger charge is 2.15. The molecule has 0 saturated carbocycles. The van der Waals surface area contributed by atoms with Crippen molar-refractivity contribution < 1.29 is 14.3 Å². The summed E-state index contributed by atoms with van der Waals surface area (Å²) in [5.41, 5.74) is 1.70. The summed E-state index contributed by atoms with van der Waals surface area (Å²) in [5, 5.41) is 2.77. The maximum Gasteiger partial charge on any atom is 0.255 e. The van der Waals surface area contributed by atoms with Gasteiger partial charge in [-0.15, -0.1) is 0 Å². The number of hydrogen-bond acceptors (Lipinski definition) is 6. The molecule has 0 spiro atoms. The lowest BCUT2D eigenvalue weighted by molar-refractivity contribution is -0.115. The zero-order chi connectivity index (χ0) is 20.8. The average molecular weight is 394 g/mol. The van der Waals surface area contributed by atoms with Crippen LogP contribution in [0.15, 0.2) is 47.5 Å². The van der Waals surface area contributed by atoms with Crippen LogP contribution in [0, 0.1) is 6.92 Å². The van der Waals surface area contributed by atoms with E-state index in [1.807, 2.05) is 6.92 Å². The molecule has 0 aliphatic carbocycles. The van der Waals surface area contributed by atoms with E-state index < -0.39 is 0 Å². The van der Waals surface area contributed by atoms with Crippen LogP contribution in [-0.2, 0) is 11.2 Å². The largest absolute Gasteiger partial charge is 0.493 e. The van der Waals surface area contributed by atoms with Crippen molar-refractivity contribution in [3.05, 3.63) is 64.3 Å². The number of nitrogens with one attached hydrogen (secondary N) is 2. The van der Waals surface area contributed by atoms with Crippen LogP contribution in [0.2, 0.25) is 0 Å². The molecule has 1 aromatic carbocycles. The number of aromatic nitrogens is 3. The molecule has 8 nitrogen and oxygen atoms in total. The Labute approximate surface area is 167 Å². The van der Waals surface area contributed by atoms with Gasteiger partial charge in [-0.3, -0.25) is 14.6 Å². The van der Waals surface area contributed by atoms with E-state index in [2.05, 4.69) is 20.3 Å². The van der Waals surface area contributed by atoms with Crippen LogP contribution in [-0.4, -0.2) is 34.6 Å². The molecule has 2 heterocycles. The fraction of sp³-hybridized carbons (Fsp3) is 0.238. The number of ether oxygens (including phenoxy) is 2. The molecule has 0 aliphatic rings. The number of aryl methyl sites for hydroxylation is 1. The van der Waals surface area contributed by atoms with Crippen LogP contribution >= 0.6 is 0 Å². The molecule has 0 bridgehead atoms. The molecular weight excluding hydrogens is 372 g/mol. The molecule has 3 aromatic rings. The second-order valence-corrected chi connectivity index (χ2v) is 6.24. The molecule has 8 heteroatoms. The zero-order valence-corrected chi connectivity index (χ0v) is 16.5. The maximum atomic E-state index is 12.5. The first-order valence-electron chi connectivity index (χ1n) is 9.12. The van der Waals surface area contributed by atoms with Crippen molar-refractivity contribution in [3.8, 4) is 22.9 Å². The summed E-state index contributed by atoms with van der Waals surface area (Å²) in [5.74, 6) is 1.19. The normalized spacial score (nSPS) is 10.4. The van der Waals surface area contributed by atoms with E-state index >= 15 is 0 Å². The standard InChI is InChI=1S/C21H22N4O4/c1-4-29-17-8-7-15(10-18(17)28-3)24-19(26)11-16-13(2)23-20(25-21(16)27)14-6-5-9-22-12-14/h5-10,12H,4,11H2,1-3H3,(H,24,26)(H,23,25,27). The smallest absolute Gasteiger partial charge is 0.255 e. The van der Waals surface area contributed by atoms with Crippen LogP contribution in [0.4, 0.5) is 5.69 Å². The van der Waals surface area contributed by atoms with Crippen molar-refractivity contribution in [2.45, 2.75) is 20.3 Å². The summed E-state index contributed by atoms with van der Waals surface area (Å²) in [7, 11) is 1.53. The van der Waals surface area contributed by atoms with Gasteiger partial charge in [-0.2, -0.15) is 0 Å². The number of methoxy groups -OCH3 is 1. The number of aromatic amines is 1. The Hall–Kier alpha value is -3.68. The third kappa shape index (κ3) is 4.78. The number of carbonyl (C=O) groups excluding carboxylic acids is 1. The summed E-state index contributed by atoms with van der Waals surface area (Å²) >= 11 is 0. The Kier molecular flexibility index (Phi) is 6.23. The molecule has 2 aromatic heterocycles. The summed E-state index contributed by atoms with van der Waals surface area (Å²) in [6, 6.07) is 8.67. The SMILES string of the molecule is CCOc1ccc(NC(=O)Cc2c(C)nc(-c3cccnc3)[nH]c2=O)cc1OC. The van der Waals surface area contributed by atoms with E-state index in [9.17, 15) is 9.59 Å². The number of benzene rings is 1. The van der Waals surface area contributed by atoms with Crippen LogP contribution in [0.3, 0.4) is 0 Å². The second-order valence-electron chi connectivity index (χ2n) is 6.24. The van der Waals surface area contributed by atoms with Crippen LogP contribution in [0.1, 0.15) is 18.2 Å². The molecule has 0 fully saturated rings. The maximum absolute atomic E-state index is 12.5. The van der Waals surface area contributed by atoms with Crippen LogP contribution in [0.25, 0.3) is 11.4 Å². The van der Waals surface area contributed by atoms with E-state index in [0.29, 0.717) is 46.4 Å². The number of nitrogens with zero attached hydrogens (tertiary/aromatic N) is 2. The van der Waals surface area contributed by atoms with Gasteiger partial charge < -0.3 is 19.8 Å². The first-order valence-corrected chi connectivity index (χ1v) is 9.12. The van der Waals surface area contributed by atoms with E-state index in [1.165, 1.54) is 7.11 Å². The van der Waals surface area contributed by atoms with E-state index in [1.54, 1.807) is 49.6 Å². The van der Waals surface area contributed by atoms with Gasteiger partial charge in [-0.1, -0.05) is 0 Å². The lowest BCUT2D eigenvalue weighted by Crippen LogP contribution is -2.23. The molecule has 0 atom stereocenters. The molecule has 0 unspecified atom stereocenters. The van der Waals surface area contributed by atoms with Gasteiger partial charge >= 0.3 is 0 Å². The molecule has 0 saturated heterocycles. The minimum absolute atomic E-state index is 0.100. The first kappa shape index (κ1) is 20.1. The number of H-pyrrole nitrogens is 1. The highest BCUT2D eigenvalue weighted by atomic mass is 16.5. The molecular formula is C21H22N4O4. The summed E-state index contributed by atoms with van der Waals surface area (Å²) in [6.45, 7) is 4.09. The predicted octanol–water partition coefficient (Wildman–Crippen LogP) is 2.73. The average Bonchev–Trinajstić information content (AvgIpc) is 2.72. The van der Waals surface area contributed by atoms with Gasteiger partial charge in [-0.05, 0) is 38.1 Å².